The molecule has 1 aromatic rings. The van der Waals surface area contributed by atoms with Gasteiger partial charge in [-0.25, -0.2) is 5.48 Å². The number of benzene rings is 1. The molecule has 1 aliphatic rings. The Morgan fingerprint density at radius 2 is 2.16 bits per heavy atom. The van der Waals surface area contributed by atoms with Gasteiger partial charge in [0.2, 0.25) is 5.91 Å². The second-order valence-electron chi connectivity index (χ2n) is 4.30. The molecule has 1 amide bonds. The van der Waals surface area contributed by atoms with Crippen molar-refractivity contribution in [3.05, 3.63) is 29.8 Å². The highest BCUT2D eigenvalue weighted by Crippen LogP contribution is 2.32. The van der Waals surface area contributed by atoms with E-state index in [1.165, 1.54) is 0 Å². The van der Waals surface area contributed by atoms with Crippen molar-refractivity contribution in [2.75, 3.05) is 18.5 Å². The Bertz CT molecular complexity index is 463. The Morgan fingerprint density at radius 3 is 2.89 bits per heavy atom. The number of halogens is 3. The molecule has 0 radical (unpaired) electrons. The summed E-state index contributed by atoms with van der Waals surface area (Å²) in [7, 11) is 0. The van der Waals surface area contributed by atoms with Crippen LogP contribution in [0.3, 0.4) is 0 Å². The van der Waals surface area contributed by atoms with Gasteiger partial charge in [0.25, 0.3) is 0 Å². The van der Waals surface area contributed by atoms with Crippen molar-refractivity contribution in [1.29, 1.82) is 0 Å². The normalized spacial score (nSPS) is 17.7. The van der Waals surface area contributed by atoms with E-state index < -0.39 is 18.7 Å². The summed E-state index contributed by atoms with van der Waals surface area (Å²) < 4.78 is 35.5. The number of hydroxylamine groups is 1. The van der Waals surface area contributed by atoms with E-state index in [2.05, 4.69) is 10.2 Å². The lowest BCUT2D eigenvalue weighted by atomic mass is 9.98. The molecule has 7 heteroatoms. The maximum absolute atomic E-state index is 11.8. The van der Waals surface area contributed by atoms with Gasteiger partial charge in [-0.3, -0.25) is 9.63 Å². The molecule has 0 spiro atoms. The Morgan fingerprint density at radius 1 is 1.42 bits per heavy atom. The van der Waals surface area contributed by atoms with E-state index in [1.54, 1.807) is 0 Å². The van der Waals surface area contributed by atoms with Crippen LogP contribution in [-0.2, 0) is 9.63 Å². The Labute approximate surface area is 107 Å². The molecule has 0 aliphatic carbocycles. The van der Waals surface area contributed by atoms with Crippen molar-refractivity contribution < 1.29 is 22.8 Å². The summed E-state index contributed by atoms with van der Waals surface area (Å²) in [4.78, 5) is 15.6. The summed E-state index contributed by atoms with van der Waals surface area (Å²) in [6.45, 7) is -0.899. The van der Waals surface area contributed by atoms with Crippen LogP contribution in [-0.4, -0.2) is 25.2 Å². The third-order valence-corrected chi connectivity index (χ3v) is 2.79. The second kappa shape index (κ2) is 5.48. The van der Waals surface area contributed by atoms with E-state index in [1.807, 2.05) is 29.7 Å². The van der Waals surface area contributed by atoms with Crippen LogP contribution in [0.1, 0.15) is 17.9 Å². The smallest absolute Gasteiger partial charge is 0.384 e. The summed E-state index contributed by atoms with van der Waals surface area (Å²) >= 11 is 0. The first-order chi connectivity index (χ1) is 8.96. The van der Waals surface area contributed by atoms with Crippen LogP contribution in [0, 0.1) is 0 Å². The number of hydrogen-bond acceptors (Lipinski definition) is 3. The fraction of sp³-hybridized carbons (Fsp3) is 0.417. The van der Waals surface area contributed by atoms with Crippen molar-refractivity contribution >= 4 is 11.6 Å². The zero-order chi connectivity index (χ0) is 13.9. The zero-order valence-electron chi connectivity index (χ0n) is 9.96. The first-order valence-electron chi connectivity index (χ1n) is 5.76. The molecule has 104 valence electrons. The minimum absolute atomic E-state index is 0.0503. The van der Waals surface area contributed by atoms with Crippen LogP contribution >= 0.6 is 0 Å². The van der Waals surface area contributed by atoms with Crippen LogP contribution in [0.2, 0.25) is 0 Å². The van der Waals surface area contributed by atoms with Gasteiger partial charge < -0.3 is 5.32 Å². The monoisotopic (exact) mass is 274 g/mol. The van der Waals surface area contributed by atoms with Crippen LogP contribution in [0.5, 0.6) is 0 Å². The number of carbonyl (C=O) groups is 1. The molecule has 1 atom stereocenters. The van der Waals surface area contributed by atoms with E-state index in [0.29, 0.717) is 6.54 Å². The van der Waals surface area contributed by atoms with Gasteiger partial charge >= 0.3 is 6.18 Å². The SMILES string of the molecule is O=C(CC1CNc2ccccc21)NOCC(F)(F)F. The van der Waals surface area contributed by atoms with Crippen molar-refractivity contribution in [2.24, 2.45) is 0 Å². The van der Waals surface area contributed by atoms with E-state index in [0.717, 1.165) is 11.3 Å². The number of anilines is 1. The molecule has 0 aromatic heterocycles. The van der Waals surface area contributed by atoms with Gasteiger partial charge in [-0.2, -0.15) is 13.2 Å². The lowest BCUT2D eigenvalue weighted by Crippen LogP contribution is -2.30. The maximum atomic E-state index is 11.8. The van der Waals surface area contributed by atoms with Gasteiger partial charge in [-0.15, -0.1) is 0 Å². The molecule has 1 unspecified atom stereocenters. The molecule has 1 aromatic carbocycles. The molecule has 2 N–H and O–H groups in total. The zero-order valence-corrected chi connectivity index (χ0v) is 9.96. The van der Waals surface area contributed by atoms with E-state index in [4.69, 9.17) is 0 Å². The summed E-state index contributed by atoms with van der Waals surface area (Å²) in [5, 5.41) is 3.14. The number of alkyl halides is 3. The van der Waals surface area contributed by atoms with Gasteiger partial charge in [0, 0.05) is 24.6 Å². The molecular formula is C12H13F3N2O2. The van der Waals surface area contributed by atoms with E-state index >= 15 is 0 Å². The topological polar surface area (TPSA) is 50.4 Å². The van der Waals surface area contributed by atoms with Crippen molar-refractivity contribution in [3.63, 3.8) is 0 Å². The fourth-order valence-electron chi connectivity index (χ4n) is 2.00. The Hall–Kier alpha value is -1.76. The minimum atomic E-state index is -4.45. The minimum Gasteiger partial charge on any atom is -0.384 e. The van der Waals surface area contributed by atoms with Gasteiger partial charge in [-0.05, 0) is 11.6 Å². The predicted molar refractivity (Wildman–Crippen MR) is 62.4 cm³/mol. The van der Waals surface area contributed by atoms with Crippen LogP contribution in [0.25, 0.3) is 0 Å². The van der Waals surface area contributed by atoms with Crippen molar-refractivity contribution in [1.82, 2.24) is 5.48 Å². The van der Waals surface area contributed by atoms with Crippen LogP contribution < -0.4 is 10.8 Å². The number of amides is 1. The summed E-state index contributed by atoms with van der Waals surface area (Å²) in [5.74, 6) is -0.613. The van der Waals surface area contributed by atoms with Crippen molar-refractivity contribution in [2.45, 2.75) is 18.5 Å². The molecule has 4 nitrogen and oxygen atoms in total. The first-order valence-corrected chi connectivity index (χ1v) is 5.76. The molecule has 1 heterocycles. The van der Waals surface area contributed by atoms with Gasteiger partial charge in [0.05, 0.1) is 0 Å². The molecule has 0 fully saturated rings. The highest BCUT2D eigenvalue weighted by molar-refractivity contribution is 5.77. The molecule has 1 aliphatic heterocycles. The molecule has 0 bridgehead atoms. The number of fused-ring (bicyclic) bond motifs is 1. The number of nitrogens with one attached hydrogen (secondary N) is 2. The van der Waals surface area contributed by atoms with Gasteiger partial charge in [0.1, 0.15) is 0 Å². The maximum Gasteiger partial charge on any atom is 0.414 e. The van der Waals surface area contributed by atoms with Gasteiger partial charge in [-0.1, -0.05) is 18.2 Å². The quantitative estimate of drug-likeness (QED) is 0.827. The van der Waals surface area contributed by atoms with Gasteiger partial charge in [0.15, 0.2) is 6.61 Å². The average Bonchev–Trinajstić information content (AvgIpc) is 2.71. The first kappa shape index (κ1) is 13.7. The molecule has 19 heavy (non-hydrogen) atoms. The highest BCUT2D eigenvalue weighted by atomic mass is 19.4. The molecule has 2 rings (SSSR count). The predicted octanol–water partition coefficient (Wildman–Crippen LogP) is 2.20. The third kappa shape index (κ3) is 3.85. The fourth-order valence-corrected chi connectivity index (χ4v) is 2.00. The Balaban J connectivity index is 1.81. The van der Waals surface area contributed by atoms with E-state index in [9.17, 15) is 18.0 Å². The number of para-hydroxylation sites is 1. The summed E-state index contributed by atoms with van der Waals surface area (Å²) in [6, 6.07) is 7.52. The molecular weight excluding hydrogens is 261 g/mol. The van der Waals surface area contributed by atoms with Crippen molar-refractivity contribution in [3.8, 4) is 0 Å². The van der Waals surface area contributed by atoms with Crippen LogP contribution in [0.4, 0.5) is 18.9 Å². The average molecular weight is 274 g/mol. The summed E-state index contributed by atoms with van der Waals surface area (Å²) in [5.41, 5.74) is 3.76. The van der Waals surface area contributed by atoms with E-state index in [-0.39, 0.29) is 12.3 Å². The highest BCUT2D eigenvalue weighted by Gasteiger charge is 2.29. The summed E-state index contributed by atoms with van der Waals surface area (Å²) in [6.07, 6.45) is -4.36. The molecule has 0 saturated heterocycles. The number of carbonyl (C=O) groups excluding carboxylic acids is 1. The third-order valence-electron chi connectivity index (χ3n) is 2.79. The largest absolute Gasteiger partial charge is 0.414 e. The second-order valence-corrected chi connectivity index (χ2v) is 4.30. The number of rotatable bonds is 4. The van der Waals surface area contributed by atoms with Crippen LogP contribution in [0.15, 0.2) is 24.3 Å². The Kier molecular flexibility index (Phi) is 3.94. The number of hydrogen-bond donors (Lipinski definition) is 2. The lowest BCUT2D eigenvalue weighted by Gasteiger charge is -2.11. The molecule has 0 saturated carbocycles. The standard InChI is InChI=1S/C12H13F3N2O2/c13-12(14,15)7-19-17-11(18)5-8-6-16-10-4-2-1-3-9(8)10/h1-4,8,16H,5-7H2,(H,17,18). The lowest BCUT2D eigenvalue weighted by molar-refractivity contribution is -0.191.